The van der Waals surface area contributed by atoms with Gasteiger partial charge in [-0.2, -0.15) is 0 Å². The number of ether oxygens (including phenoxy) is 1. The lowest BCUT2D eigenvalue weighted by Crippen LogP contribution is -2.41. The molecule has 0 radical (unpaired) electrons. The fourth-order valence-corrected chi connectivity index (χ4v) is 3.84. The molecular weight excluding hydrogens is 364 g/mol. The molecule has 5 nitrogen and oxygen atoms in total. The van der Waals surface area contributed by atoms with Gasteiger partial charge in [0.05, 0.1) is 19.3 Å². The van der Waals surface area contributed by atoms with Crippen LogP contribution in [0.5, 0.6) is 5.88 Å². The number of carbonyl (C=O) groups excluding carboxylic acids is 1. The highest BCUT2D eigenvalue weighted by Crippen LogP contribution is 2.38. The molecule has 0 unspecified atom stereocenters. The number of hydrogen-bond donors (Lipinski definition) is 2. The molecule has 2 aromatic carbocycles. The number of methoxy groups -OCH3 is 1. The monoisotopic (exact) mass is 388 g/mol. The van der Waals surface area contributed by atoms with Crippen molar-refractivity contribution in [2.45, 2.75) is 25.0 Å². The lowest BCUT2D eigenvalue weighted by atomic mass is 9.75. The fourth-order valence-electron chi connectivity index (χ4n) is 3.84. The summed E-state index contributed by atoms with van der Waals surface area (Å²) >= 11 is 0. The predicted octanol–water partition coefficient (Wildman–Crippen LogP) is 4.00. The molecule has 1 fully saturated rings. The lowest BCUT2D eigenvalue weighted by molar-refractivity contribution is 0.0234. The molecule has 148 valence electrons. The molecule has 29 heavy (non-hydrogen) atoms. The first-order valence-electron chi connectivity index (χ1n) is 9.79. The van der Waals surface area contributed by atoms with E-state index < -0.39 is 0 Å². The number of hydrogen-bond acceptors (Lipinski definition) is 4. The average molecular weight is 388 g/mol. The molecule has 0 bridgehead atoms. The van der Waals surface area contributed by atoms with Crippen LogP contribution in [0.2, 0.25) is 0 Å². The molecule has 0 saturated heterocycles. The number of pyridine rings is 1. The van der Waals surface area contributed by atoms with Crippen LogP contribution in [0.1, 0.15) is 34.8 Å². The summed E-state index contributed by atoms with van der Waals surface area (Å²) < 4.78 is 5.14. The van der Waals surface area contributed by atoms with Gasteiger partial charge < -0.3 is 15.2 Å². The van der Waals surface area contributed by atoms with Crippen molar-refractivity contribution in [3.05, 3.63) is 84.1 Å². The molecule has 1 atom stereocenters. The molecule has 1 aliphatic rings. The zero-order valence-corrected chi connectivity index (χ0v) is 16.3. The van der Waals surface area contributed by atoms with Gasteiger partial charge in [-0.05, 0) is 41.5 Å². The van der Waals surface area contributed by atoms with E-state index in [1.165, 1.54) is 0 Å². The molecular formula is C24H24N2O3. The average Bonchev–Trinajstić information content (AvgIpc) is 2.76. The summed E-state index contributed by atoms with van der Waals surface area (Å²) in [5.41, 5.74) is 3.43. The SMILES string of the molecule is COc1ccc([C@@H](NC(=O)c2ccccc2-c2ccccc2)C2CC(O)C2)cn1. The second-order valence-corrected chi connectivity index (χ2v) is 7.38. The van der Waals surface area contributed by atoms with Crippen LogP contribution in [0.25, 0.3) is 11.1 Å². The number of benzene rings is 2. The summed E-state index contributed by atoms with van der Waals surface area (Å²) in [6.45, 7) is 0. The van der Waals surface area contributed by atoms with Crippen molar-refractivity contribution in [1.82, 2.24) is 10.3 Å². The van der Waals surface area contributed by atoms with E-state index in [4.69, 9.17) is 4.74 Å². The quantitative estimate of drug-likeness (QED) is 0.670. The molecule has 1 amide bonds. The first kappa shape index (κ1) is 19.2. The highest BCUT2D eigenvalue weighted by atomic mass is 16.5. The van der Waals surface area contributed by atoms with E-state index in [-0.39, 0.29) is 24.0 Å². The second-order valence-electron chi connectivity index (χ2n) is 7.38. The van der Waals surface area contributed by atoms with Crippen LogP contribution in [0.15, 0.2) is 72.9 Å². The Hall–Kier alpha value is -3.18. The number of rotatable bonds is 6. The van der Waals surface area contributed by atoms with Gasteiger partial charge in [0.1, 0.15) is 0 Å². The molecule has 1 aliphatic carbocycles. The highest BCUT2D eigenvalue weighted by molar-refractivity contribution is 6.01. The van der Waals surface area contributed by atoms with E-state index >= 15 is 0 Å². The van der Waals surface area contributed by atoms with Crippen LogP contribution in [0, 0.1) is 5.92 Å². The van der Waals surface area contributed by atoms with E-state index in [2.05, 4.69) is 10.3 Å². The van der Waals surface area contributed by atoms with Crippen molar-refractivity contribution in [3.8, 4) is 17.0 Å². The first-order chi connectivity index (χ1) is 14.2. The van der Waals surface area contributed by atoms with Crippen LogP contribution < -0.4 is 10.1 Å². The summed E-state index contributed by atoms with van der Waals surface area (Å²) in [5, 5.41) is 13.0. The largest absolute Gasteiger partial charge is 0.481 e. The number of aliphatic hydroxyl groups excluding tert-OH is 1. The van der Waals surface area contributed by atoms with Crippen LogP contribution in [-0.4, -0.2) is 29.2 Å². The van der Waals surface area contributed by atoms with E-state index in [1.54, 1.807) is 19.4 Å². The van der Waals surface area contributed by atoms with E-state index in [1.807, 2.05) is 60.7 Å². The minimum atomic E-state index is -0.304. The Bertz CT molecular complexity index is 967. The maximum absolute atomic E-state index is 13.3. The van der Waals surface area contributed by atoms with Crippen molar-refractivity contribution in [2.24, 2.45) is 5.92 Å². The third-order valence-corrected chi connectivity index (χ3v) is 5.49. The molecule has 1 saturated carbocycles. The zero-order chi connectivity index (χ0) is 20.2. The molecule has 0 spiro atoms. The van der Waals surface area contributed by atoms with Crippen molar-refractivity contribution >= 4 is 5.91 Å². The first-order valence-corrected chi connectivity index (χ1v) is 9.79. The maximum atomic E-state index is 13.3. The lowest BCUT2D eigenvalue weighted by Gasteiger charge is -2.38. The number of carbonyl (C=O) groups is 1. The van der Waals surface area contributed by atoms with E-state index in [0.29, 0.717) is 24.3 Å². The summed E-state index contributed by atoms with van der Waals surface area (Å²) in [7, 11) is 1.57. The highest BCUT2D eigenvalue weighted by Gasteiger charge is 2.36. The number of aromatic nitrogens is 1. The number of aliphatic hydroxyl groups is 1. The molecule has 0 aliphatic heterocycles. The van der Waals surface area contributed by atoms with Gasteiger partial charge in [-0.1, -0.05) is 54.6 Å². The Morgan fingerprint density at radius 1 is 1.07 bits per heavy atom. The van der Waals surface area contributed by atoms with Crippen molar-refractivity contribution < 1.29 is 14.6 Å². The molecule has 4 rings (SSSR count). The third kappa shape index (κ3) is 4.15. The molecule has 1 heterocycles. The van der Waals surface area contributed by atoms with Gasteiger partial charge in [-0.15, -0.1) is 0 Å². The molecule has 1 aromatic heterocycles. The van der Waals surface area contributed by atoms with Crippen LogP contribution in [0.4, 0.5) is 0 Å². The number of nitrogens with one attached hydrogen (secondary N) is 1. The van der Waals surface area contributed by atoms with Gasteiger partial charge in [0.15, 0.2) is 0 Å². The van der Waals surface area contributed by atoms with Crippen LogP contribution in [0.3, 0.4) is 0 Å². The third-order valence-electron chi connectivity index (χ3n) is 5.49. The Morgan fingerprint density at radius 3 is 2.45 bits per heavy atom. The minimum Gasteiger partial charge on any atom is -0.481 e. The summed E-state index contributed by atoms with van der Waals surface area (Å²) in [5.74, 6) is 0.571. The topological polar surface area (TPSA) is 71.5 Å². The normalized spacial score (nSPS) is 19.1. The number of amides is 1. The Labute approximate surface area is 170 Å². The predicted molar refractivity (Wildman–Crippen MR) is 112 cm³/mol. The summed E-state index contributed by atoms with van der Waals surface area (Å²) in [4.78, 5) is 17.5. The Kier molecular flexibility index (Phi) is 5.58. The van der Waals surface area contributed by atoms with Gasteiger partial charge in [-0.3, -0.25) is 4.79 Å². The molecule has 2 N–H and O–H groups in total. The van der Waals surface area contributed by atoms with Crippen molar-refractivity contribution in [2.75, 3.05) is 7.11 Å². The Balaban J connectivity index is 1.62. The molecule has 5 heteroatoms. The van der Waals surface area contributed by atoms with Gasteiger partial charge in [0.2, 0.25) is 5.88 Å². The van der Waals surface area contributed by atoms with E-state index in [9.17, 15) is 9.90 Å². The van der Waals surface area contributed by atoms with Crippen LogP contribution in [-0.2, 0) is 0 Å². The maximum Gasteiger partial charge on any atom is 0.252 e. The number of nitrogens with zero attached hydrogens (tertiary/aromatic N) is 1. The van der Waals surface area contributed by atoms with Gasteiger partial charge in [0.25, 0.3) is 5.91 Å². The smallest absolute Gasteiger partial charge is 0.252 e. The van der Waals surface area contributed by atoms with Crippen molar-refractivity contribution in [3.63, 3.8) is 0 Å². The Morgan fingerprint density at radius 2 is 1.79 bits per heavy atom. The van der Waals surface area contributed by atoms with E-state index in [0.717, 1.165) is 16.7 Å². The van der Waals surface area contributed by atoms with Crippen molar-refractivity contribution in [1.29, 1.82) is 0 Å². The minimum absolute atomic E-state index is 0.133. The second kappa shape index (κ2) is 8.45. The summed E-state index contributed by atoms with van der Waals surface area (Å²) in [6, 6.07) is 21.0. The van der Waals surface area contributed by atoms with Gasteiger partial charge >= 0.3 is 0 Å². The summed E-state index contributed by atoms with van der Waals surface area (Å²) in [6.07, 6.45) is 2.76. The zero-order valence-electron chi connectivity index (χ0n) is 16.3. The van der Waals surface area contributed by atoms with Gasteiger partial charge in [0, 0.05) is 17.8 Å². The van der Waals surface area contributed by atoms with Crippen LogP contribution >= 0.6 is 0 Å². The van der Waals surface area contributed by atoms with Gasteiger partial charge in [-0.25, -0.2) is 4.98 Å². The fraction of sp³-hybridized carbons (Fsp3) is 0.250. The standard InChI is InChI=1S/C24H24N2O3/c1-29-22-12-11-17(15-25-22)23(18-13-19(27)14-18)26-24(28)21-10-6-5-9-20(21)16-7-3-2-4-8-16/h2-12,15,18-19,23,27H,13-14H2,1H3,(H,26,28)/t18?,19?,23-/m1/s1. The molecule has 3 aromatic rings.